The van der Waals surface area contributed by atoms with Gasteiger partial charge in [-0.25, -0.2) is 4.39 Å². The molecule has 0 spiro atoms. The lowest BCUT2D eigenvalue weighted by atomic mass is 10.1. The highest BCUT2D eigenvalue weighted by Gasteiger charge is 2.36. The molecule has 3 heterocycles. The molecule has 0 bridgehead atoms. The van der Waals surface area contributed by atoms with Crippen molar-refractivity contribution < 1.29 is 13.7 Å². The van der Waals surface area contributed by atoms with Crippen LogP contribution in [0.1, 0.15) is 28.9 Å². The maximum atomic E-state index is 14.2. The van der Waals surface area contributed by atoms with E-state index in [0.29, 0.717) is 24.7 Å². The minimum Gasteiger partial charge on any atom is -0.339 e. The Morgan fingerprint density at radius 1 is 1.36 bits per heavy atom. The predicted molar refractivity (Wildman–Crippen MR) is 92.5 cm³/mol. The van der Waals surface area contributed by atoms with Crippen LogP contribution >= 0.6 is 22.9 Å². The van der Waals surface area contributed by atoms with Crippen molar-refractivity contribution in [2.24, 2.45) is 0 Å². The van der Waals surface area contributed by atoms with Crippen LogP contribution < -0.4 is 4.90 Å². The third-order valence-corrected chi connectivity index (χ3v) is 5.27. The largest absolute Gasteiger partial charge is 0.339 e. The molecule has 1 saturated heterocycles. The maximum absolute atomic E-state index is 14.2. The molecule has 5 nitrogen and oxygen atoms in total. The first-order chi connectivity index (χ1) is 12.1. The number of aromatic nitrogens is 2. The summed E-state index contributed by atoms with van der Waals surface area (Å²) in [6, 6.07) is 8.57. The SMILES string of the molecule is O=C1CC(c2noc(Cc3cccs3)n2)CN1c1cccc(Cl)c1F. The van der Waals surface area contributed by atoms with Gasteiger partial charge in [-0.05, 0) is 23.6 Å². The van der Waals surface area contributed by atoms with Crippen LogP contribution in [0.4, 0.5) is 10.1 Å². The molecule has 1 atom stereocenters. The molecule has 4 rings (SSSR count). The van der Waals surface area contributed by atoms with Gasteiger partial charge in [0.25, 0.3) is 0 Å². The third-order valence-electron chi connectivity index (χ3n) is 4.10. The number of benzene rings is 1. The van der Waals surface area contributed by atoms with E-state index in [9.17, 15) is 9.18 Å². The summed E-state index contributed by atoms with van der Waals surface area (Å²) in [6.45, 7) is 0.300. The number of thiophene rings is 1. The van der Waals surface area contributed by atoms with Crippen LogP contribution in [0, 0.1) is 5.82 Å². The summed E-state index contributed by atoms with van der Waals surface area (Å²) in [5, 5.41) is 5.98. The fraction of sp³-hybridized carbons (Fsp3) is 0.235. The van der Waals surface area contributed by atoms with Crippen molar-refractivity contribution in [3.8, 4) is 0 Å². The Bertz CT molecular complexity index is 913. The second-order valence-corrected chi connectivity index (χ2v) is 7.22. The molecule has 3 aromatic rings. The Hall–Kier alpha value is -2.25. The van der Waals surface area contributed by atoms with Gasteiger partial charge in [-0.2, -0.15) is 4.98 Å². The van der Waals surface area contributed by atoms with Crippen molar-refractivity contribution in [1.29, 1.82) is 0 Å². The molecular weight excluding hydrogens is 365 g/mol. The number of halogens is 2. The first kappa shape index (κ1) is 16.2. The average molecular weight is 378 g/mol. The number of nitrogens with zero attached hydrogens (tertiary/aromatic N) is 3. The summed E-state index contributed by atoms with van der Waals surface area (Å²) in [4.78, 5) is 19.2. The van der Waals surface area contributed by atoms with Crippen LogP contribution in [-0.2, 0) is 11.2 Å². The number of hydrogen-bond donors (Lipinski definition) is 0. The Kier molecular flexibility index (Phi) is 4.27. The molecular formula is C17H13ClFN3O2S. The summed E-state index contributed by atoms with van der Waals surface area (Å²) in [7, 11) is 0. The second-order valence-electron chi connectivity index (χ2n) is 5.78. The van der Waals surface area contributed by atoms with Crippen molar-refractivity contribution in [3.05, 3.63) is 63.1 Å². The molecule has 0 saturated carbocycles. The molecule has 0 aliphatic carbocycles. The quantitative estimate of drug-likeness (QED) is 0.688. The van der Waals surface area contributed by atoms with Gasteiger partial charge in [-0.1, -0.05) is 28.9 Å². The Morgan fingerprint density at radius 2 is 2.24 bits per heavy atom. The standard InChI is InChI=1S/C17H13ClFN3O2S/c18-12-4-1-5-13(16(12)19)22-9-10(7-15(22)23)17-20-14(24-21-17)8-11-3-2-6-25-11/h1-6,10H,7-9H2. The minimum absolute atomic E-state index is 0.00783. The lowest BCUT2D eigenvalue weighted by Gasteiger charge is -2.17. The molecule has 8 heteroatoms. The highest BCUT2D eigenvalue weighted by atomic mass is 35.5. The van der Waals surface area contributed by atoms with Crippen molar-refractivity contribution in [3.63, 3.8) is 0 Å². The summed E-state index contributed by atoms with van der Waals surface area (Å²) >= 11 is 7.43. The smallest absolute Gasteiger partial charge is 0.231 e. The van der Waals surface area contributed by atoms with Crippen molar-refractivity contribution >= 4 is 34.5 Å². The van der Waals surface area contributed by atoms with Gasteiger partial charge in [0.1, 0.15) is 0 Å². The topological polar surface area (TPSA) is 59.2 Å². The van der Waals surface area contributed by atoms with Crippen LogP contribution in [0.15, 0.2) is 40.2 Å². The number of carbonyl (C=O) groups is 1. The average Bonchev–Trinajstić information content (AvgIpc) is 3.32. The maximum Gasteiger partial charge on any atom is 0.231 e. The van der Waals surface area contributed by atoms with Gasteiger partial charge in [-0.3, -0.25) is 4.79 Å². The van der Waals surface area contributed by atoms with Gasteiger partial charge in [0, 0.05) is 23.8 Å². The van der Waals surface area contributed by atoms with E-state index in [1.165, 1.54) is 11.0 Å². The molecule has 128 valence electrons. The zero-order chi connectivity index (χ0) is 17.4. The molecule has 0 radical (unpaired) electrons. The summed E-state index contributed by atoms with van der Waals surface area (Å²) in [6.07, 6.45) is 0.780. The van der Waals surface area contributed by atoms with Crippen molar-refractivity contribution in [2.45, 2.75) is 18.8 Å². The van der Waals surface area contributed by atoms with E-state index in [4.69, 9.17) is 16.1 Å². The van der Waals surface area contributed by atoms with Crippen molar-refractivity contribution in [2.75, 3.05) is 11.4 Å². The Balaban J connectivity index is 1.52. The number of anilines is 1. The number of rotatable bonds is 4. The van der Waals surface area contributed by atoms with Gasteiger partial charge in [0.15, 0.2) is 11.6 Å². The zero-order valence-corrected chi connectivity index (χ0v) is 14.6. The highest BCUT2D eigenvalue weighted by Crippen LogP contribution is 2.34. The van der Waals surface area contributed by atoms with E-state index in [1.807, 2.05) is 17.5 Å². The third kappa shape index (κ3) is 3.17. The van der Waals surface area contributed by atoms with E-state index >= 15 is 0 Å². The second kappa shape index (κ2) is 6.57. The highest BCUT2D eigenvalue weighted by molar-refractivity contribution is 7.09. The molecule has 2 aromatic heterocycles. The molecule has 1 amide bonds. The van der Waals surface area contributed by atoms with Crippen LogP contribution in [0.25, 0.3) is 0 Å². The van der Waals surface area contributed by atoms with Crippen LogP contribution in [0.5, 0.6) is 0 Å². The fourth-order valence-electron chi connectivity index (χ4n) is 2.88. The molecule has 25 heavy (non-hydrogen) atoms. The zero-order valence-electron chi connectivity index (χ0n) is 13.0. The first-order valence-electron chi connectivity index (χ1n) is 7.71. The number of hydrogen-bond acceptors (Lipinski definition) is 5. The fourth-order valence-corrected chi connectivity index (χ4v) is 3.75. The van der Waals surface area contributed by atoms with Gasteiger partial charge in [0.05, 0.1) is 17.1 Å². The van der Waals surface area contributed by atoms with Gasteiger partial charge in [-0.15, -0.1) is 11.3 Å². The van der Waals surface area contributed by atoms with Gasteiger partial charge >= 0.3 is 0 Å². The van der Waals surface area contributed by atoms with E-state index < -0.39 is 5.82 Å². The van der Waals surface area contributed by atoms with Crippen molar-refractivity contribution in [1.82, 2.24) is 10.1 Å². The monoisotopic (exact) mass is 377 g/mol. The van der Waals surface area contributed by atoms with E-state index in [0.717, 1.165) is 4.88 Å². The predicted octanol–water partition coefficient (Wildman–Crippen LogP) is 4.03. The van der Waals surface area contributed by atoms with E-state index in [-0.39, 0.29) is 29.0 Å². The van der Waals surface area contributed by atoms with E-state index in [2.05, 4.69) is 10.1 Å². The Labute approximate surface area is 152 Å². The van der Waals surface area contributed by atoms with Crippen LogP contribution in [-0.4, -0.2) is 22.6 Å². The molecule has 1 aliphatic rings. The lowest BCUT2D eigenvalue weighted by molar-refractivity contribution is -0.117. The Morgan fingerprint density at radius 3 is 3.04 bits per heavy atom. The summed E-state index contributed by atoms with van der Waals surface area (Å²) in [5.41, 5.74) is 0.183. The molecule has 1 aliphatic heterocycles. The normalized spacial score (nSPS) is 17.4. The molecule has 1 unspecified atom stereocenters. The lowest BCUT2D eigenvalue weighted by Crippen LogP contribution is -2.25. The van der Waals surface area contributed by atoms with E-state index in [1.54, 1.807) is 23.5 Å². The molecule has 1 aromatic carbocycles. The van der Waals surface area contributed by atoms with Crippen LogP contribution in [0.2, 0.25) is 5.02 Å². The van der Waals surface area contributed by atoms with Crippen LogP contribution in [0.3, 0.4) is 0 Å². The number of carbonyl (C=O) groups excluding carboxylic acids is 1. The summed E-state index contributed by atoms with van der Waals surface area (Å²) < 4.78 is 19.5. The van der Waals surface area contributed by atoms with Gasteiger partial charge < -0.3 is 9.42 Å². The van der Waals surface area contributed by atoms with Gasteiger partial charge in [0.2, 0.25) is 11.8 Å². The first-order valence-corrected chi connectivity index (χ1v) is 8.97. The minimum atomic E-state index is -0.593. The number of amides is 1. The summed E-state index contributed by atoms with van der Waals surface area (Å²) in [5.74, 6) is -0.0192. The molecule has 1 fully saturated rings. The molecule has 0 N–H and O–H groups in total.